The summed E-state index contributed by atoms with van der Waals surface area (Å²) in [4.78, 5) is 0. The minimum absolute atomic E-state index is 0.187. The molecule has 2 nitrogen and oxygen atoms in total. The van der Waals surface area contributed by atoms with Gasteiger partial charge in [0.05, 0.1) is 6.10 Å². The Morgan fingerprint density at radius 3 is 2.62 bits per heavy atom. The fourth-order valence-corrected chi connectivity index (χ4v) is 0.450. The lowest BCUT2D eigenvalue weighted by Gasteiger charge is -1.99. The first kappa shape index (κ1) is 7.92. The number of hydrogen-bond donors (Lipinski definition) is 2. The van der Waals surface area contributed by atoms with Gasteiger partial charge in [-0.2, -0.15) is 0 Å². The molecule has 1 atom stereocenters. The standard InChI is InChI=1S/C6H13O2/c1-6(8)4-2-3-5-7/h2,6-8H,3-5H2,1H3. The molecule has 0 fully saturated rings. The van der Waals surface area contributed by atoms with Gasteiger partial charge in [0.25, 0.3) is 0 Å². The van der Waals surface area contributed by atoms with Gasteiger partial charge in [-0.1, -0.05) is 0 Å². The number of rotatable bonds is 4. The van der Waals surface area contributed by atoms with Crippen molar-refractivity contribution in [3.63, 3.8) is 0 Å². The van der Waals surface area contributed by atoms with E-state index in [-0.39, 0.29) is 12.7 Å². The van der Waals surface area contributed by atoms with E-state index in [0.29, 0.717) is 12.8 Å². The molecule has 0 heterocycles. The van der Waals surface area contributed by atoms with Crippen LogP contribution in [0.2, 0.25) is 0 Å². The average Bonchev–Trinajstić information content (AvgIpc) is 1.66. The second-order valence-electron chi connectivity index (χ2n) is 1.89. The lowest BCUT2D eigenvalue weighted by Crippen LogP contribution is -1.99. The minimum atomic E-state index is -0.262. The molecule has 0 aliphatic rings. The minimum Gasteiger partial charge on any atom is -0.396 e. The normalized spacial score (nSPS) is 13.9. The van der Waals surface area contributed by atoms with Crippen molar-refractivity contribution in [1.82, 2.24) is 0 Å². The highest BCUT2D eigenvalue weighted by Crippen LogP contribution is 1.96. The summed E-state index contributed by atoms with van der Waals surface area (Å²) in [5.41, 5.74) is 0. The number of aliphatic hydroxyl groups excluding tert-OH is 2. The fourth-order valence-electron chi connectivity index (χ4n) is 0.450. The maximum atomic E-state index is 8.67. The molecule has 0 amide bonds. The molecule has 49 valence electrons. The molecule has 1 unspecified atom stereocenters. The molecule has 2 heteroatoms. The van der Waals surface area contributed by atoms with E-state index < -0.39 is 0 Å². The third-order valence-corrected chi connectivity index (χ3v) is 0.841. The van der Waals surface area contributed by atoms with Gasteiger partial charge in [0.1, 0.15) is 0 Å². The summed E-state index contributed by atoms with van der Waals surface area (Å²) >= 11 is 0. The third kappa shape index (κ3) is 5.92. The lowest BCUT2D eigenvalue weighted by molar-refractivity contribution is 0.190. The number of aliphatic hydroxyl groups is 2. The van der Waals surface area contributed by atoms with Gasteiger partial charge in [0.15, 0.2) is 0 Å². The maximum absolute atomic E-state index is 8.67. The highest BCUT2D eigenvalue weighted by atomic mass is 16.3. The molecule has 2 N–H and O–H groups in total. The van der Waals surface area contributed by atoms with Crippen LogP contribution in [0.5, 0.6) is 0 Å². The van der Waals surface area contributed by atoms with Crippen LogP contribution in [0.4, 0.5) is 0 Å². The molecule has 0 aromatic heterocycles. The number of unbranched alkanes of at least 4 members (excludes halogenated alkanes) is 1. The molecule has 0 bridgehead atoms. The lowest BCUT2D eigenvalue weighted by atomic mass is 10.2. The molecule has 8 heavy (non-hydrogen) atoms. The molecule has 0 aromatic carbocycles. The summed E-state index contributed by atoms with van der Waals surface area (Å²) < 4.78 is 0. The van der Waals surface area contributed by atoms with Gasteiger partial charge in [-0.05, 0) is 26.2 Å². The summed E-state index contributed by atoms with van der Waals surface area (Å²) in [7, 11) is 0. The molecular weight excluding hydrogens is 104 g/mol. The van der Waals surface area contributed by atoms with Crippen molar-refractivity contribution in [3.05, 3.63) is 6.42 Å². The quantitative estimate of drug-likeness (QED) is 0.521. The van der Waals surface area contributed by atoms with Crippen LogP contribution in [-0.2, 0) is 0 Å². The Labute approximate surface area is 50.2 Å². The summed E-state index contributed by atoms with van der Waals surface area (Å²) in [5.74, 6) is 0. The van der Waals surface area contributed by atoms with Crippen molar-refractivity contribution in [1.29, 1.82) is 0 Å². The molecular formula is C6H13O2. The fraction of sp³-hybridized carbons (Fsp3) is 0.833. The highest BCUT2D eigenvalue weighted by molar-refractivity contribution is 4.66. The van der Waals surface area contributed by atoms with Crippen LogP contribution in [0.1, 0.15) is 19.8 Å². The van der Waals surface area contributed by atoms with E-state index in [4.69, 9.17) is 10.2 Å². The molecule has 0 rings (SSSR count). The Hall–Kier alpha value is -0.0800. The van der Waals surface area contributed by atoms with Crippen molar-refractivity contribution < 1.29 is 10.2 Å². The monoisotopic (exact) mass is 117 g/mol. The van der Waals surface area contributed by atoms with E-state index in [1.165, 1.54) is 0 Å². The van der Waals surface area contributed by atoms with Crippen molar-refractivity contribution in [3.8, 4) is 0 Å². The molecule has 0 saturated heterocycles. The third-order valence-electron chi connectivity index (χ3n) is 0.841. The maximum Gasteiger partial charge on any atom is 0.0514 e. The molecule has 0 saturated carbocycles. The Morgan fingerprint density at radius 2 is 2.25 bits per heavy atom. The molecule has 0 aliphatic carbocycles. The first-order chi connectivity index (χ1) is 3.77. The van der Waals surface area contributed by atoms with Crippen LogP contribution >= 0.6 is 0 Å². The predicted octanol–water partition coefficient (Wildman–Crippen LogP) is 0.344. The molecule has 1 radical (unpaired) electrons. The molecule has 0 aromatic rings. The van der Waals surface area contributed by atoms with Crippen LogP contribution < -0.4 is 0 Å². The van der Waals surface area contributed by atoms with Crippen molar-refractivity contribution in [2.45, 2.75) is 25.9 Å². The second kappa shape index (κ2) is 5.06. The van der Waals surface area contributed by atoms with E-state index in [9.17, 15) is 0 Å². The van der Waals surface area contributed by atoms with Gasteiger partial charge in [-0.3, -0.25) is 0 Å². The molecule has 0 aliphatic heterocycles. The predicted molar refractivity (Wildman–Crippen MR) is 32.3 cm³/mol. The average molecular weight is 117 g/mol. The van der Waals surface area contributed by atoms with Crippen molar-refractivity contribution in [2.75, 3.05) is 6.61 Å². The summed E-state index contributed by atoms with van der Waals surface area (Å²) in [6.07, 6.45) is 2.98. The van der Waals surface area contributed by atoms with Crippen LogP contribution in [0.15, 0.2) is 0 Å². The van der Waals surface area contributed by atoms with Gasteiger partial charge in [0, 0.05) is 6.61 Å². The van der Waals surface area contributed by atoms with Crippen LogP contribution in [0.25, 0.3) is 0 Å². The largest absolute Gasteiger partial charge is 0.396 e. The van der Waals surface area contributed by atoms with Crippen molar-refractivity contribution in [2.24, 2.45) is 0 Å². The van der Waals surface area contributed by atoms with Gasteiger partial charge >= 0.3 is 0 Å². The van der Waals surface area contributed by atoms with E-state index in [1.807, 2.05) is 6.42 Å². The zero-order valence-electron chi connectivity index (χ0n) is 5.17. The van der Waals surface area contributed by atoms with Crippen molar-refractivity contribution >= 4 is 0 Å². The van der Waals surface area contributed by atoms with Crippen LogP contribution in [0.3, 0.4) is 0 Å². The first-order valence-corrected chi connectivity index (χ1v) is 2.88. The van der Waals surface area contributed by atoms with E-state index in [1.54, 1.807) is 6.92 Å². The summed E-state index contributed by atoms with van der Waals surface area (Å²) in [6.45, 7) is 1.92. The SMILES string of the molecule is CC(O)C[CH]CCO. The summed E-state index contributed by atoms with van der Waals surface area (Å²) in [6, 6.07) is 0. The Bertz CT molecular complexity index is 43.8. The van der Waals surface area contributed by atoms with Gasteiger partial charge in [0.2, 0.25) is 0 Å². The Balaban J connectivity index is 2.72. The second-order valence-corrected chi connectivity index (χ2v) is 1.89. The Kier molecular flexibility index (Phi) is 5.01. The highest BCUT2D eigenvalue weighted by Gasteiger charge is 1.92. The van der Waals surface area contributed by atoms with E-state index >= 15 is 0 Å². The van der Waals surface area contributed by atoms with Gasteiger partial charge in [-0.15, -0.1) is 0 Å². The number of hydrogen-bond acceptors (Lipinski definition) is 2. The summed E-state index contributed by atoms with van der Waals surface area (Å²) in [5, 5.41) is 16.9. The van der Waals surface area contributed by atoms with Gasteiger partial charge < -0.3 is 10.2 Å². The topological polar surface area (TPSA) is 40.5 Å². The molecule has 0 spiro atoms. The smallest absolute Gasteiger partial charge is 0.0514 e. The van der Waals surface area contributed by atoms with Crippen LogP contribution in [-0.4, -0.2) is 22.9 Å². The Morgan fingerprint density at radius 1 is 1.62 bits per heavy atom. The van der Waals surface area contributed by atoms with E-state index in [2.05, 4.69) is 0 Å². The first-order valence-electron chi connectivity index (χ1n) is 2.88. The van der Waals surface area contributed by atoms with E-state index in [0.717, 1.165) is 0 Å². The van der Waals surface area contributed by atoms with Gasteiger partial charge in [-0.25, -0.2) is 0 Å². The zero-order chi connectivity index (χ0) is 6.41. The zero-order valence-corrected chi connectivity index (χ0v) is 5.17. The van der Waals surface area contributed by atoms with Crippen LogP contribution in [0, 0.1) is 6.42 Å².